The molecule has 0 atom stereocenters. The van der Waals surface area contributed by atoms with E-state index < -0.39 is 0 Å². The highest BCUT2D eigenvalue weighted by atomic mass is 35.5. The summed E-state index contributed by atoms with van der Waals surface area (Å²) < 4.78 is 1.63. The minimum Gasteiger partial charge on any atom is -0.325 e. The summed E-state index contributed by atoms with van der Waals surface area (Å²) in [7, 11) is 0. The van der Waals surface area contributed by atoms with E-state index in [1.165, 1.54) is 0 Å². The molecule has 1 aromatic carbocycles. The van der Waals surface area contributed by atoms with Crippen molar-refractivity contribution < 1.29 is 4.79 Å². The summed E-state index contributed by atoms with van der Waals surface area (Å²) in [4.78, 5) is 11.2. The summed E-state index contributed by atoms with van der Waals surface area (Å²) in [5.41, 5.74) is 1.27. The molecule has 90 valence electrons. The van der Waals surface area contributed by atoms with E-state index in [0.717, 1.165) is 5.69 Å². The first-order valence-corrected chi connectivity index (χ1v) is 5.55. The monoisotopic (exact) mass is 260 g/mol. The largest absolute Gasteiger partial charge is 0.325 e. The molecule has 2 rings (SSSR count). The van der Waals surface area contributed by atoms with Crippen molar-refractivity contribution in [3.05, 3.63) is 41.7 Å². The maximum absolute atomic E-state index is 11.2. The van der Waals surface area contributed by atoms with Gasteiger partial charge >= 0.3 is 0 Å². The highest BCUT2D eigenvalue weighted by Crippen LogP contribution is 2.23. The summed E-state index contributed by atoms with van der Waals surface area (Å²) in [6, 6.07) is 8.64. The Labute approximate surface area is 109 Å². The first-order chi connectivity index (χ1) is 8.70. The van der Waals surface area contributed by atoms with E-state index in [1.54, 1.807) is 47.4 Å². The van der Waals surface area contributed by atoms with Gasteiger partial charge in [0.25, 0.3) is 0 Å². The second-order valence-electron chi connectivity index (χ2n) is 3.50. The van der Waals surface area contributed by atoms with Gasteiger partial charge in [0.05, 0.1) is 16.8 Å². The van der Waals surface area contributed by atoms with Crippen molar-refractivity contribution >= 4 is 23.2 Å². The summed E-state index contributed by atoms with van der Waals surface area (Å²) in [6.07, 6.45) is 3.24. The molecule has 0 aliphatic carbocycles. The molecule has 1 amide bonds. The first kappa shape index (κ1) is 12.1. The van der Waals surface area contributed by atoms with Gasteiger partial charge in [-0.2, -0.15) is 10.4 Å². The van der Waals surface area contributed by atoms with Crippen molar-refractivity contribution in [2.24, 2.45) is 0 Å². The number of nitriles is 1. The van der Waals surface area contributed by atoms with Crippen molar-refractivity contribution in [3.8, 4) is 11.8 Å². The average Bonchev–Trinajstić information content (AvgIpc) is 2.82. The van der Waals surface area contributed by atoms with Crippen LogP contribution in [0.2, 0.25) is 5.02 Å². The smallest absolute Gasteiger partial charge is 0.238 e. The molecule has 0 fully saturated rings. The molecule has 1 heterocycles. The quantitative estimate of drug-likeness (QED) is 0.921. The number of anilines is 1. The van der Waals surface area contributed by atoms with Crippen LogP contribution in [0.5, 0.6) is 0 Å². The zero-order valence-electron chi connectivity index (χ0n) is 9.30. The molecule has 0 saturated carbocycles. The maximum atomic E-state index is 11.2. The lowest BCUT2D eigenvalue weighted by atomic mass is 10.2. The van der Waals surface area contributed by atoms with Gasteiger partial charge in [0, 0.05) is 18.1 Å². The SMILES string of the molecule is N#CCC(=O)Nc1ccc(-n2cccn2)c(Cl)c1. The maximum Gasteiger partial charge on any atom is 0.238 e. The molecule has 1 aromatic heterocycles. The Balaban J connectivity index is 2.21. The summed E-state index contributed by atoms with van der Waals surface area (Å²) in [5, 5.41) is 15.5. The number of aromatic nitrogens is 2. The Morgan fingerprint density at radius 3 is 3.00 bits per heavy atom. The fourth-order valence-electron chi connectivity index (χ4n) is 1.46. The first-order valence-electron chi connectivity index (χ1n) is 5.17. The predicted molar refractivity (Wildman–Crippen MR) is 67.4 cm³/mol. The molecule has 0 saturated heterocycles. The zero-order chi connectivity index (χ0) is 13.0. The van der Waals surface area contributed by atoms with E-state index >= 15 is 0 Å². The molecule has 0 unspecified atom stereocenters. The fraction of sp³-hybridized carbons (Fsp3) is 0.0833. The summed E-state index contributed by atoms with van der Waals surface area (Å²) in [6.45, 7) is 0. The Kier molecular flexibility index (Phi) is 3.60. The van der Waals surface area contributed by atoms with Crippen LogP contribution in [0.3, 0.4) is 0 Å². The molecule has 6 heteroatoms. The normalized spacial score (nSPS) is 9.78. The number of nitrogens with zero attached hydrogens (tertiary/aromatic N) is 3. The van der Waals surface area contributed by atoms with E-state index in [9.17, 15) is 4.79 Å². The Bertz CT molecular complexity index is 601. The fourth-order valence-corrected chi connectivity index (χ4v) is 1.73. The van der Waals surface area contributed by atoms with Crippen LogP contribution in [0, 0.1) is 11.3 Å². The van der Waals surface area contributed by atoms with Crippen LogP contribution in [0.15, 0.2) is 36.7 Å². The number of hydrogen-bond acceptors (Lipinski definition) is 3. The van der Waals surface area contributed by atoms with Crippen LogP contribution in [0.4, 0.5) is 5.69 Å². The molecule has 2 aromatic rings. The van der Waals surface area contributed by atoms with Crippen LogP contribution in [-0.4, -0.2) is 15.7 Å². The number of hydrogen-bond donors (Lipinski definition) is 1. The van der Waals surface area contributed by atoms with Gasteiger partial charge in [0.2, 0.25) is 5.91 Å². The Hall–Kier alpha value is -2.32. The van der Waals surface area contributed by atoms with Crippen molar-refractivity contribution in [1.82, 2.24) is 9.78 Å². The molecular weight excluding hydrogens is 252 g/mol. The number of carbonyl (C=O) groups excluding carboxylic acids is 1. The van der Waals surface area contributed by atoms with Crippen LogP contribution in [0.1, 0.15) is 6.42 Å². The number of benzene rings is 1. The molecule has 18 heavy (non-hydrogen) atoms. The Morgan fingerprint density at radius 2 is 2.39 bits per heavy atom. The molecule has 5 nitrogen and oxygen atoms in total. The van der Waals surface area contributed by atoms with Gasteiger partial charge in [0.15, 0.2) is 0 Å². The van der Waals surface area contributed by atoms with E-state index in [1.807, 2.05) is 0 Å². The molecular formula is C12H9ClN4O. The summed E-state index contributed by atoms with van der Waals surface area (Å²) >= 11 is 6.10. The average molecular weight is 261 g/mol. The van der Waals surface area contributed by atoms with Gasteiger partial charge in [-0.15, -0.1) is 0 Å². The number of rotatable bonds is 3. The van der Waals surface area contributed by atoms with Crippen LogP contribution in [-0.2, 0) is 4.79 Å². The predicted octanol–water partition coefficient (Wildman–Crippen LogP) is 2.38. The molecule has 0 bridgehead atoms. The van der Waals surface area contributed by atoms with Crippen LogP contribution in [0.25, 0.3) is 5.69 Å². The number of nitrogens with one attached hydrogen (secondary N) is 1. The van der Waals surface area contributed by atoms with Gasteiger partial charge in [-0.1, -0.05) is 11.6 Å². The van der Waals surface area contributed by atoms with Gasteiger partial charge in [-0.25, -0.2) is 4.68 Å². The number of carbonyl (C=O) groups is 1. The molecule has 0 radical (unpaired) electrons. The minimum atomic E-state index is -0.361. The number of halogens is 1. The second kappa shape index (κ2) is 5.34. The van der Waals surface area contributed by atoms with E-state index in [-0.39, 0.29) is 12.3 Å². The van der Waals surface area contributed by atoms with Gasteiger partial charge < -0.3 is 5.32 Å². The minimum absolute atomic E-state index is 0.182. The lowest BCUT2D eigenvalue weighted by Gasteiger charge is -2.07. The zero-order valence-corrected chi connectivity index (χ0v) is 10.1. The molecule has 0 aliphatic rings. The van der Waals surface area contributed by atoms with Crippen molar-refractivity contribution in [2.45, 2.75) is 6.42 Å². The van der Waals surface area contributed by atoms with E-state index in [2.05, 4.69) is 10.4 Å². The third-order valence-electron chi connectivity index (χ3n) is 2.22. The molecule has 0 aliphatic heterocycles. The van der Waals surface area contributed by atoms with Gasteiger partial charge in [-0.05, 0) is 24.3 Å². The van der Waals surface area contributed by atoms with Crippen molar-refractivity contribution in [3.63, 3.8) is 0 Å². The van der Waals surface area contributed by atoms with Gasteiger partial charge in [0.1, 0.15) is 6.42 Å². The van der Waals surface area contributed by atoms with Crippen LogP contribution < -0.4 is 5.32 Å². The van der Waals surface area contributed by atoms with Crippen molar-refractivity contribution in [2.75, 3.05) is 5.32 Å². The van der Waals surface area contributed by atoms with Crippen molar-refractivity contribution in [1.29, 1.82) is 5.26 Å². The third-order valence-corrected chi connectivity index (χ3v) is 2.53. The Morgan fingerprint density at radius 1 is 1.56 bits per heavy atom. The molecule has 0 spiro atoms. The highest BCUT2D eigenvalue weighted by molar-refractivity contribution is 6.32. The number of amides is 1. The standard InChI is InChI=1S/C12H9ClN4O/c13-10-8-9(16-12(18)4-5-14)2-3-11(10)17-7-1-6-15-17/h1-3,6-8H,4H2,(H,16,18). The van der Waals surface area contributed by atoms with Gasteiger partial charge in [-0.3, -0.25) is 4.79 Å². The second-order valence-corrected chi connectivity index (χ2v) is 3.91. The summed E-state index contributed by atoms with van der Waals surface area (Å²) in [5.74, 6) is -0.361. The van der Waals surface area contributed by atoms with E-state index in [4.69, 9.17) is 16.9 Å². The van der Waals surface area contributed by atoms with E-state index in [0.29, 0.717) is 10.7 Å². The third kappa shape index (κ3) is 2.67. The topological polar surface area (TPSA) is 70.7 Å². The lowest BCUT2D eigenvalue weighted by Crippen LogP contribution is -2.10. The highest BCUT2D eigenvalue weighted by Gasteiger charge is 2.06. The molecule has 1 N–H and O–H groups in total. The lowest BCUT2D eigenvalue weighted by molar-refractivity contribution is -0.115. The van der Waals surface area contributed by atoms with Crippen LogP contribution >= 0.6 is 11.6 Å².